The first-order chi connectivity index (χ1) is 13.6. The van der Waals surface area contributed by atoms with Crippen LogP contribution in [0.15, 0.2) is 45.8 Å². The molecule has 2 aromatic rings. The second-order valence-electron chi connectivity index (χ2n) is 8.45. The van der Waals surface area contributed by atoms with E-state index in [1.807, 2.05) is 26.0 Å². The molecule has 0 aliphatic rings. The number of hydrogen-bond donors (Lipinski definition) is 3. The zero-order chi connectivity index (χ0) is 21.5. The Morgan fingerprint density at radius 1 is 1.10 bits per heavy atom. The van der Waals surface area contributed by atoms with Gasteiger partial charge in [0, 0.05) is 6.54 Å². The molecule has 0 aliphatic carbocycles. The predicted octanol–water partition coefficient (Wildman–Crippen LogP) is 4.48. The summed E-state index contributed by atoms with van der Waals surface area (Å²) < 4.78 is 11.4. The molecule has 0 bridgehead atoms. The SMILES string of the molecule is CCNC(=NCc1cccc(COC(C)(C)C)c1)NCC(C)(O)c1ccc(C)o1.I. The van der Waals surface area contributed by atoms with Crippen LogP contribution in [0, 0.1) is 6.92 Å². The van der Waals surface area contributed by atoms with Crippen molar-refractivity contribution < 1.29 is 14.3 Å². The van der Waals surface area contributed by atoms with Gasteiger partial charge >= 0.3 is 0 Å². The van der Waals surface area contributed by atoms with Gasteiger partial charge in [-0.25, -0.2) is 4.99 Å². The van der Waals surface area contributed by atoms with E-state index in [2.05, 4.69) is 54.6 Å². The Bertz CT molecular complexity index is 810. The minimum atomic E-state index is -1.13. The van der Waals surface area contributed by atoms with Crippen LogP contribution in [0.25, 0.3) is 0 Å². The van der Waals surface area contributed by atoms with E-state index in [1.165, 1.54) is 0 Å². The molecular formula is C23H36IN3O3. The third-order valence-corrected chi connectivity index (χ3v) is 4.30. The molecule has 1 unspecified atom stereocenters. The van der Waals surface area contributed by atoms with E-state index in [9.17, 15) is 5.11 Å². The highest BCUT2D eigenvalue weighted by Gasteiger charge is 2.27. The van der Waals surface area contributed by atoms with Crippen molar-refractivity contribution >= 4 is 29.9 Å². The summed E-state index contributed by atoms with van der Waals surface area (Å²) in [6.07, 6.45) is 0. The fraction of sp³-hybridized carbons (Fsp3) is 0.522. The lowest BCUT2D eigenvalue weighted by Gasteiger charge is -2.23. The average molecular weight is 529 g/mol. The van der Waals surface area contributed by atoms with Crippen LogP contribution < -0.4 is 10.6 Å². The van der Waals surface area contributed by atoms with E-state index in [-0.39, 0.29) is 36.1 Å². The van der Waals surface area contributed by atoms with Crippen molar-refractivity contribution in [2.75, 3.05) is 13.1 Å². The maximum absolute atomic E-state index is 10.7. The Balaban J connectivity index is 0.00000450. The maximum atomic E-state index is 10.7. The maximum Gasteiger partial charge on any atom is 0.191 e. The van der Waals surface area contributed by atoms with Crippen molar-refractivity contribution in [2.45, 2.75) is 65.9 Å². The smallest absolute Gasteiger partial charge is 0.191 e. The summed E-state index contributed by atoms with van der Waals surface area (Å²) >= 11 is 0. The highest BCUT2D eigenvalue weighted by atomic mass is 127. The van der Waals surface area contributed by atoms with E-state index in [1.54, 1.807) is 13.0 Å². The molecule has 1 aromatic heterocycles. The van der Waals surface area contributed by atoms with Crippen LogP contribution in [0.3, 0.4) is 0 Å². The average Bonchev–Trinajstić information content (AvgIpc) is 3.09. The summed E-state index contributed by atoms with van der Waals surface area (Å²) in [4.78, 5) is 4.65. The molecule has 0 saturated heterocycles. The van der Waals surface area contributed by atoms with Crippen molar-refractivity contribution in [2.24, 2.45) is 4.99 Å². The third kappa shape index (κ3) is 9.06. The summed E-state index contributed by atoms with van der Waals surface area (Å²) in [5.74, 6) is 1.95. The van der Waals surface area contributed by atoms with Crippen LogP contribution in [0.4, 0.5) is 0 Å². The molecule has 30 heavy (non-hydrogen) atoms. The summed E-state index contributed by atoms with van der Waals surface area (Å²) in [6.45, 7) is 13.9. The quantitative estimate of drug-likeness (QED) is 0.267. The van der Waals surface area contributed by atoms with E-state index in [0.29, 0.717) is 24.9 Å². The molecule has 2 rings (SSSR count). The lowest BCUT2D eigenvalue weighted by atomic mass is 10.0. The number of halogens is 1. The summed E-state index contributed by atoms with van der Waals surface area (Å²) in [6, 6.07) is 11.9. The van der Waals surface area contributed by atoms with E-state index < -0.39 is 5.60 Å². The minimum absolute atomic E-state index is 0. The molecule has 1 heterocycles. The first kappa shape index (κ1) is 26.5. The van der Waals surface area contributed by atoms with Crippen LogP contribution >= 0.6 is 24.0 Å². The largest absolute Gasteiger partial charge is 0.463 e. The van der Waals surface area contributed by atoms with Crippen LogP contribution in [-0.2, 0) is 23.5 Å². The van der Waals surface area contributed by atoms with Gasteiger partial charge in [-0.15, -0.1) is 24.0 Å². The number of guanidine groups is 1. The molecule has 0 amide bonds. The zero-order valence-electron chi connectivity index (χ0n) is 18.9. The van der Waals surface area contributed by atoms with Gasteiger partial charge in [0.2, 0.25) is 0 Å². The van der Waals surface area contributed by atoms with E-state index in [0.717, 1.165) is 23.4 Å². The van der Waals surface area contributed by atoms with Crippen LogP contribution in [0.2, 0.25) is 0 Å². The molecule has 1 atom stereocenters. The number of nitrogens with one attached hydrogen (secondary N) is 2. The molecule has 6 nitrogen and oxygen atoms in total. The molecule has 3 N–H and O–H groups in total. The fourth-order valence-electron chi connectivity index (χ4n) is 2.70. The Kier molecular flexibility index (Phi) is 10.3. The van der Waals surface area contributed by atoms with Crippen LogP contribution in [0.5, 0.6) is 0 Å². The first-order valence-electron chi connectivity index (χ1n) is 10.1. The number of aliphatic imine (C=N–C) groups is 1. The molecule has 0 saturated carbocycles. The molecule has 7 heteroatoms. The number of rotatable bonds is 8. The van der Waals surface area contributed by atoms with Crippen LogP contribution in [-0.4, -0.2) is 29.8 Å². The normalized spacial score (nSPS) is 14.0. The standard InChI is InChI=1S/C23H35N3O3.HI/c1-7-24-21(26-16-23(6,27)20-12-11-17(2)29-20)25-14-18-9-8-10-19(13-18)15-28-22(3,4)5;/h8-13,27H,7,14-16H2,1-6H3,(H2,24,25,26);1H. The Morgan fingerprint density at radius 3 is 2.40 bits per heavy atom. The number of ether oxygens (including phenoxy) is 1. The van der Waals surface area contributed by atoms with Gasteiger partial charge in [-0.1, -0.05) is 24.3 Å². The van der Waals surface area contributed by atoms with Gasteiger partial charge < -0.3 is 24.9 Å². The van der Waals surface area contributed by atoms with Gasteiger partial charge in [-0.05, 0) is 64.8 Å². The van der Waals surface area contributed by atoms with Gasteiger partial charge in [0.25, 0.3) is 0 Å². The molecule has 0 fully saturated rings. The number of aryl methyl sites for hydroxylation is 1. The van der Waals surface area contributed by atoms with Crippen molar-refractivity contribution in [1.29, 1.82) is 0 Å². The van der Waals surface area contributed by atoms with Crippen molar-refractivity contribution in [1.82, 2.24) is 10.6 Å². The van der Waals surface area contributed by atoms with Crippen LogP contribution in [0.1, 0.15) is 57.3 Å². The minimum Gasteiger partial charge on any atom is -0.463 e. The number of hydrogen-bond acceptors (Lipinski definition) is 4. The molecule has 0 aliphatic heterocycles. The summed E-state index contributed by atoms with van der Waals surface area (Å²) in [7, 11) is 0. The van der Waals surface area contributed by atoms with Crippen molar-refractivity contribution in [3.63, 3.8) is 0 Å². The number of benzene rings is 1. The Hall–Kier alpha value is -1.58. The molecule has 0 spiro atoms. The van der Waals surface area contributed by atoms with Crippen molar-refractivity contribution in [3.8, 4) is 0 Å². The second-order valence-corrected chi connectivity index (χ2v) is 8.45. The second kappa shape index (κ2) is 11.7. The molecular weight excluding hydrogens is 493 g/mol. The lowest BCUT2D eigenvalue weighted by molar-refractivity contribution is -0.0149. The third-order valence-electron chi connectivity index (χ3n) is 4.30. The zero-order valence-corrected chi connectivity index (χ0v) is 21.2. The van der Waals surface area contributed by atoms with Gasteiger partial charge in [0.1, 0.15) is 17.1 Å². The highest BCUT2D eigenvalue weighted by Crippen LogP contribution is 2.22. The number of nitrogens with zero attached hydrogens (tertiary/aromatic N) is 1. The summed E-state index contributed by atoms with van der Waals surface area (Å²) in [5, 5.41) is 17.1. The summed E-state index contributed by atoms with van der Waals surface area (Å²) in [5.41, 5.74) is 0.932. The highest BCUT2D eigenvalue weighted by molar-refractivity contribution is 14.0. The first-order valence-corrected chi connectivity index (χ1v) is 10.1. The van der Waals surface area contributed by atoms with Gasteiger partial charge in [-0.3, -0.25) is 0 Å². The van der Waals surface area contributed by atoms with Crippen molar-refractivity contribution in [3.05, 3.63) is 59.0 Å². The lowest BCUT2D eigenvalue weighted by Crippen LogP contribution is -2.44. The monoisotopic (exact) mass is 529 g/mol. The number of furan rings is 1. The predicted molar refractivity (Wildman–Crippen MR) is 132 cm³/mol. The van der Waals surface area contributed by atoms with Gasteiger partial charge in [0.05, 0.1) is 25.3 Å². The molecule has 0 radical (unpaired) electrons. The number of aliphatic hydroxyl groups is 1. The Morgan fingerprint density at radius 2 is 1.80 bits per heavy atom. The molecule has 1 aromatic carbocycles. The van der Waals surface area contributed by atoms with Gasteiger partial charge in [-0.2, -0.15) is 0 Å². The fourth-order valence-corrected chi connectivity index (χ4v) is 2.70. The molecule has 168 valence electrons. The van der Waals surface area contributed by atoms with E-state index in [4.69, 9.17) is 9.15 Å². The van der Waals surface area contributed by atoms with E-state index >= 15 is 0 Å². The topological polar surface area (TPSA) is 79.0 Å². The Labute approximate surface area is 197 Å². The van der Waals surface area contributed by atoms with Gasteiger partial charge in [0.15, 0.2) is 5.96 Å².